The number of fused-ring (bicyclic) bond motifs is 2. The van der Waals surface area contributed by atoms with Crippen LogP contribution in [0.5, 0.6) is 0 Å². The zero-order valence-corrected chi connectivity index (χ0v) is 19.3. The van der Waals surface area contributed by atoms with Crippen LogP contribution < -0.4 is 0 Å². The molecule has 2 bridgehead atoms. The van der Waals surface area contributed by atoms with Gasteiger partial charge < -0.3 is 24.4 Å². The summed E-state index contributed by atoms with van der Waals surface area (Å²) in [6, 6.07) is 0. The molecule has 0 aromatic rings. The summed E-state index contributed by atoms with van der Waals surface area (Å²) in [6.45, 7) is 15.1. The lowest BCUT2D eigenvalue weighted by Gasteiger charge is -2.62. The molecule has 4 rings (SSSR count). The second-order valence-electron chi connectivity index (χ2n) is 9.90. The number of hydrogen-bond donors (Lipinski definition) is 2. The number of ketones is 1. The van der Waals surface area contributed by atoms with Crippen LogP contribution in [0.15, 0.2) is 23.3 Å². The average molecular weight is 435 g/mol. The van der Waals surface area contributed by atoms with E-state index in [1.54, 1.807) is 20.8 Å². The Kier molecular flexibility index (Phi) is 4.75. The van der Waals surface area contributed by atoms with Gasteiger partial charge >= 0.3 is 5.97 Å². The molecule has 7 heteroatoms. The fourth-order valence-electron chi connectivity index (χ4n) is 7.59. The number of aliphatic hydroxyl groups is 2. The first-order chi connectivity index (χ1) is 14.4. The maximum absolute atomic E-state index is 13.9. The van der Waals surface area contributed by atoms with Crippen LogP contribution in [0.4, 0.5) is 0 Å². The van der Waals surface area contributed by atoms with Crippen LogP contribution in [-0.2, 0) is 23.8 Å². The summed E-state index contributed by atoms with van der Waals surface area (Å²) in [5.74, 6) is -1.31. The van der Waals surface area contributed by atoms with Crippen molar-refractivity contribution in [2.24, 2.45) is 11.3 Å². The third kappa shape index (κ3) is 1.97. The van der Waals surface area contributed by atoms with Gasteiger partial charge in [-0.1, -0.05) is 20.4 Å². The topological polar surface area (TPSA) is 102 Å². The first kappa shape index (κ1) is 22.6. The average Bonchev–Trinajstić information content (AvgIpc) is 2.88. The minimum absolute atomic E-state index is 0.105. The number of esters is 1. The molecule has 2 N–H and O–H groups in total. The number of allylic oxidation sites excluding steroid dienone is 1. The van der Waals surface area contributed by atoms with Crippen LogP contribution in [0.25, 0.3) is 0 Å². The molecule has 31 heavy (non-hydrogen) atoms. The highest BCUT2D eigenvalue weighted by Crippen LogP contribution is 2.77. The van der Waals surface area contributed by atoms with Crippen LogP contribution in [0, 0.1) is 11.3 Å². The number of hydrogen-bond acceptors (Lipinski definition) is 7. The maximum atomic E-state index is 13.9. The van der Waals surface area contributed by atoms with Crippen molar-refractivity contribution in [2.75, 3.05) is 13.2 Å². The summed E-state index contributed by atoms with van der Waals surface area (Å²) in [6.07, 6.45) is 0.0787. The van der Waals surface area contributed by atoms with Crippen molar-refractivity contribution in [3.63, 3.8) is 0 Å². The van der Waals surface area contributed by atoms with Gasteiger partial charge in [0.15, 0.2) is 17.0 Å². The van der Waals surface area contributed by atoms with Crippen molar-refractivity contribution < 1.29 is 34.0 Å². The van der Waals surface area contributed by atoms with Crippen LogP contribution >= 0.6 is 0 Å². The highest BCUT2D eigenvalue weighted by molar-refractivity contribution is 6.13. The minimum Gasteiger partial charge on any atom is -0.449 e. The summed E-state index contributed by atoms with van der Waals surface area (Å²) in [5.41, 5.74) is -8.13. The molecule has 5 unspecified atom stereocenters. The molecule has 0 radical (unpaired) electrons. The molecule has 7 nitrogen and oxygen atoms in total. The van der Waals surface area contributed by atoms with Gasteiger partial charge in [0.05, 0.1) is 11.8 Å². The van der Waals surface area contributed by atoms with Crippen molar-refractivity contribution in [1.29, 1.82) is 0 Å². The molecule has 7 atom stereocenters. The Labute approximate surface area is 183 Å². The first-order valence-corrected chi connectivity index (χ1v) is 11.2. The van der Waals surface area contributed by atoms with Gasteiger partial charge in [0.25, 0.3) is 0 Å². The molecule has 1 saturated heterocycles. The van der Waals surface area contributed by atoms with E-state index >= 15 is 0 Å². The van der Waals surface area contributed by atoms with Gasteiger partial charge in [-0.3, -0.25) is 9.59 Å². The van der Waals surface area contributed by atoms with Gasteiger partial charge in [-0.15, -0.1) is 0 Å². The Morgan fingerprint density at radius 3 is 2.42 bits per heavy atom. The Morgan fingerprint density at radius 1 is 1.23 bits per heavy atom. The lowest BCUT2D eigenvalue weighted by atomic mass is 9.55. The SMILES string of the molecule is C=C(C)C1=C(C)C2(O)C(O)(C1=O)[C@@]1(C)CC(=O)OC23C(OCC)C(C)CC[C@@]31OCC. The molecular weight excluding hydrogens is 400 g/mol. The maximum Gasteiger partial charge on any atom is 0.307 e. The summed E-state index contributed by atoms with van der Waals surface area (Å²) < 4.78 is 18.7. The van der Waals surface area contributed by atoms with Crippen molar-refractivity contribution in [3.8, 4) is 0 Å². The van der Waals surface area contributed by atoms with Gasteiger partial charge in [0.2, 0.25) is 5.60 Å². The van der Waals surface area contributed by atoms with Gasteiger partial charge in [-0.25, -0.2) is 0 Å². The van der Waals surface area contributed by atoms with E-state index in [1.165, 1.54) is 0 Å². The zero-order chi connectivity index (χ0) is 23.2. The van der Waals surface area contributed by atoms with Crippen molar-refractivity contribution >= 4 is 11.8 Å². The molecule has 1 aliphatic heterocycles. The number of carbonyl (C=O) groups excluding carboxylic acids is 2. The van der Waals surface area contributed by atoms with Crippen LogP contribution in [0.1, 0.15) is 60.8 Å². The van der Waals surface area contributed by atoms with Crippen molar-refractivity contribution in [1.82, 2.24) is 0 Å². The molecule has 3 aliphatic carbocycles. The van der Waals surface area contributed by atoms with E-state index in [9.17, 15) is 19.8 Å². The van der Waals surface area contributed by atoms with Crippen LogP contribution in [0.2, 0.25) is 0 Å². The van der Waals surface area contributed by atoms with Crippen LogP contribution in [0.3, 0.4) is 0 Å². The lowest BCUT2D eigenvalue weighted by molar-refractivity contribution is -0.325. The number of ether oxygens (including phenoxy) is 3. The third-order valence-corrected chi connectivity index (χ3v) is 8.63. The second kappa shape index (κ2) is 6.50. The van der Waals surface area contributed by atoms with Crippen molar-refractivity contribution in [3.05, 3.63) is 23.3 Å². The number of Topliss-reactive ketones (excluding diaryl/α,β-unsaturated/α-hetero) is 1. The molecule has 0 amide bonds. The highest BCUT2D eigenvalue weighted by atomic mass is 16.6. The molecule has 0 aromatic heterocycles. The quantitative estimate of drug-likeness (QED) is 0.640. The van der Waals surface area contributed by atoms with Gasteiger partial charge in [0, 0.05) is 18.8 Å². The monoisotopic (exact) mass is 434 g/mol. The third-order valence-electron chi connectivity index (χ3n) is 8.63. The van der Waals surface area contributed by atoms with E-state index in [0.29, 0.717) is 25.0 Å². The predicted molar refractivity (Wildman–Crippen MR) is 112 cm³/mol. The summed E-state index contributed by atoms with van der Waals surface area (Å²) >= 11 is 0. The molecule has 0 spiro atoms. The van der Waals surface area contributed by atoms with Crippen molar-refractivity contribution in [2.45, 2.75) is 89.3 Å². The fourth-order valence-corrected chi connectivity index (χ4v) is 7.59. The van der Waals surface area contributed by atoms with E-state index in [-0.39, 0.29) is 30.1 Å². The fraction of sp³-hybridized carbons (Fsp3) is 0.750. The molecule has 3 fully saturated rings. The molecule has 4 aliphatic rings. The molecule has 1 heterocycles. The van der Waals surface area contributed by atoms with E-state index in [0.717, 1.165) is 0 Å². The summed E-state index contributed by atoms with van der Waals surface area (Å²) in [7, 11) is 0. The smallest absolute Gasteiger partial charge is 0.307 e. The molecule has 0 aromatic carbocycles. The van der Waals surface area contributed by atoms with E-state index in [4.69, 9.17) is 14.2 Å². The normalized spacial score (nSPS) is 48.5. The Bertz CT molecular complexity index is 908. The van der Waals surface area contributed by atoms with E-state index in [1.807, 2.05) is 20.8 Å². The molecule has 172 valence electrons. The summed E-state index contributed by atoms with van der Waals surface area (Å²) in [4.78, 5) is 26.9. The Balaban J connectivity index is 2.19. The predicted octanol–water partition coefficient (Wildman–Crippen LogP) is 2.24. The standard InChI is InChI=1S/C24H34O7/c1-8-29-19-14(5)10-11-21(30-9-2)20(7)12-16(25)31-24(19,21)22(27)15(6)17(13(3)4)18(26)23(20,22)28/h14,19,27-28H,3,8-12H2,1-2,4-7H3/t14?,19?,20-,21-,22?,23?,24?/m0/s1. The van der Waals surface area contributed by atoms with E-state index in [2.05, 4.69) is 6.58 Å². The first-order valence-electron chi connectivity index (χ1n) is 11.2. The Morgan fingerprint density at radius 2 is 1.87 bits per heavy atom. The Hall–Kier alpha value is -1.54. The number of carbonyl (C=O) groups is 2. The molecular formula is C24H34O7. The minimum atomic E-state index is -2.32. The van der Waals surface area contributed by atoms with Gasteiger partial charge in [-0.05, 0) is 57.6 Å². The van der Waals surface area contributed by atoms with Gasteiger partial charge in [0.1, 0.15) is 11.7 Å². The van der Waals surface area contributed by atoms with Gasteiger partial charge in [-0.2, -0.15) is 0 Å². The molecule has 2 saturated carbocycles. The zero-order valence-electron chi connectivity index (χ0n) is 19.3. The highest BCUT2D eigenvalue weighted by Gasteiger charge is 2.97. The largest absolute Gasteiger partial charge is 0.449 e. The van der Waals surface area contributed by atoms with E-state index < -0.39 is 45.7 Å². The second-order valence-corrected chi connectivity index (χ2v) is 9.90. The summed E-state index contributed by atoms with van der Waals surface area (Å²) in [5, 5.41) is 24.9. The lowest BCUT2D eigenvalue weighted by Crippen LogP contribution is -2.78. The van der Waals surface area contributed by atoms with Crippen LogP contribution in [-0.4, -0.2) is 63.7 Å². The number of rotatable bonds is 5.